The van der Waals surface area contributed by atoms with Crippen molar-refractivity contribution in [2.75, 3.05) is 6.54 Å². The van der Waals surface area contributed by atoms with Crippen LogP contribution in [0.15, 0.2) is 24.8 Å². The molecule has 5 heteroatoms. The zero-order valence-corrected chi connectivity index (χ0v) is 13.9. The molecule has 0 unspecified atom stereocenters. The number of rotatable bonds is 4. The zero-order valence-electron chi connectivity index (χ0n) is 13.9. The van der Waals surface area contributed by atoms with Gasteiger partial charge in [0, 0.05) is 23.7 Å². The van der Waals surface area contributed by atoms with Crippen molar-refractivity contribution in [3.8, 4) is 0 Å². The van der Waals surface area contributed by atoms with Crippen molar-refractivity contribution in [1.29, 1.82) is 0 Å². The van der Waals surface area contributed by atoms with E-state index in [0.29, 0.717) is 12.1 Å². The highest BCUT2D eigenvalue weighted by Crippen LogP contribution is 2.33. The summed E-state index contributed by atoms with van der Waals surface area (Å²) in [6, 6.07) is 3.34. The van der Waals surface area contributed by atoms with Gasteiger partial charge in [0.05, 0.1) is 18.0 Å². The van der Waals surface area contributed by atoms with Gasteiger partial charge < -0.3 is 14.9 Å². The maximum absolute atomic E-state index is 4.57. The first-order valence-corrected chi connectivity index (χ1v) is 8.74. The van der Waals surface area contributed by atoms with E-state index in [9.17, 15) is 0 Å². The summed E-state index contributed by atoms with van der Waals surface area (Å²) in [6.07, 6.45) is 10.8. The maximum atomic E-state index is 4.57. The van der Waals surface area contributed by atoms with Gasteiger partial charge in [-0.3, -0.25) is 0 Å². The fourth-order valence-electron chi connectivity index (χ4n) is 3.77. The van der Waals surface area contributed by atoms with Crippen LogP contribution in [-0.2, 0) is 0 Å². The Bertz CT molecular complexity index is 792. The molecule has 3 aromatic rings. The number of H-pyrrole nitrogens is 1. The van der Waals surface area contributed by atoms with E-state index in [1.54, 1.807) is 0 Å². The standard InChI is InChI=1S/C18H25N5/c1-12(2)9-20-13-3-5-14(6-4-13)23-11-22-16-10-21-18-15(17(16)23)7-8-19-18/h7-8,10-14,20H,3-6,9H2,1-2H3,(H,19,21). The first kappa shape index (κ1) is 14.7. The molecule has 1 aliphatic rings. The highest BCUT2D eigenvalue weighted by molar-refractivity contribution is 6.00. The average Bonchev–Trinajstić information content (AvgIpc) is 3.19. The second-order valence-electron chi connectivity index (χ2n) is 7.19. The van der Waals surface area contributed by atoms with E-state index in [-0.39, 0.29) is 0 Å². The van der Waals surface area contributed by atoms with Crippen molar-refractivity contribution in [3.63, 3.8) is 0 Å². The number of nitrogens with zero attached hydrogens (tertiary/aromatic N) is 3. The second-order valence-corrected chi connectivity index (χ2v) is 7.19. The molecule has 3 heterocycles. The number of aromatic amines is 1. The summed E-state index contributed by atoms with van der Waals surface area (Å²) in [5.41, 5.74) is 3.18. The topological polar surface area (TPSA) is 58.5 Å². The second kappa shape index (κ2) is 5.96. The third-order valence-corrected chi connectivity index (χ3v) is 5.02. The first-order chi connectivity index (χ1) is 11.2. The minimum Gasteiger partial charge on any atom is -0.346 e. The number of hydrogen-bond acceptors (Lipinski definition) is 3. The van der Waals surface area contributed by atoms with Gasteiger partial charge in [-0.1, -0.05) is 13.8 Å². The molecule has 0 aromatic carbocycles. The average molecular weight is 311 g/mol. The molecule has 23 heavy (non-hydrogen) atoms. The number of hydrogen-bond donors (Lipinski definition) is 2. The van der Waals surface area contributed by atoms with Gasteiger partial charge in [0.15, 0.2) is 0 Å². The SMILES string of the molecule is CC(C)CNC1CCC(n2cnc3cnc4[nH]ccc4c32)CC1. The van der Waals surface area contributed by atoms with Crippen molar-refractivity contribution in [2.45, 2.75) is 51.6 Å². The van der Waals surface area contributed by atoms with Gasteiger partial charge in [-0.25, -0.2) is 9.97 Å². The molecule has 2 N–H and O–H groups in total. The minimum atomic E-state index is 0.553. The summed E-state index contributed by atoms with van der Waals surface area (Å²) in [7, 11) is 0. The molecule has 0 radical (unpaired) electrons. The number of aromatic nitrogens is 4. The van der Waals surface area contributed by atoms with Gasteiger partial charge in [-0.2, -0.15) is 0 Å². The third kappa shape index (κ3) is 2.74. The largest absolute Gasteiger partial charge is 0.346 e. The molecule has 1 saturated carbocycles. The molecule has 1 aliphatic carbocycles. The lowest BCUT2D eigenvalue weighted by molar-refractivity contribution is 0.289. The van der Waals surface area contributed by atoms with Crippen LogP contribution in [0.3, 0.4) is 0 Å². The highest BCUT2D eigenvalue weighted by atomic mass is 15.1. The zero-order chi connectivity index (χ0) is 15.8. The van der Waals surface area contributed by atoms with E-state index < -0.39 is 0 Å². The minimum absolute atomic E-state index is 0.553. The lowest BCUT2D eigenvalue weighted by atomic mass is 9.90. The summed E-state index contributed by atoms with van der Waals surface area (Å²) < 4.78 is 2.38. The summed E-state index contributed by atoms with van der Waals surface area (Å²) in [5, 5.41) is 4.89. The van der Waals surface area contributed by atoms with E-state index in [4.69, 9.17) is 0 Å². The van der Waals surface area contributed by atoms with Gasteiger partial charge >= 0.3 is 0 Å². The molecule has 3 aromatic heterocycles. The molecule has 0 bridgehead atoms. The van der Waals surface area contributed by atoms with Crippen molar-refractivity contribution < 1.29 is 0 Å². The summed E-state index contributed by atoms with van der Waals surface area (Å²) in [6.45, 7) is 5.66. The van der Waals surface area contributed by atoms with E-state index in [2.05, 4.69) is 44.7 Å². The van der Waals surface area contributed by atoms with Crippen LogP contribution in [0.1, 0.15) is 45.6 Å². The fraction of sp³-hybridized carbons (Fsp3) is 0.556. The van der Waals surface area contributed by atoms with Crippen molar-refractivity contribution in [1.82, 2.24) is 24.8 Å². The molecular formula is C18H25N5. The van der Waals surface area contributed by atoms with E-state index in [0.717, 1.165) is 23.6 Å². The molecule has 5 nitrogen and oxygen atoms in total. The van der Waals surface area contributed by atoms with Gasteiger partial charge in [-0.15, -0.1) is 0 Å². The van der Waals surface area contributed by atoms with Gasteiger partial charge in [0.25, 0.3) is 0 Å². The number of imidazole rings is 1. The quantitative estimate of drug-likeness (QED) is 0.773. The van der Waals surface area contributed by atoms with Gasteiger partial charge in [-0.05, 0) is 44.2 Å². The maximum Gasteiger partial charge on any atom is 0.139 e. The molecule has 0 amide bonds. The van der Waals surface area contributed by atoms with Crippen LogP contribution in [0.25, 0.3) is 22.1 Å². The molecule has 0 atom stereocenters. The number of pyridine rings is 1. The molecule has 0 spiro atoms. The van der Waals surface area contributed by atoms with Gasteiger partial charge in [0.1, 0.15) is 11.2 Å². The van der Waals surface area contributed by atoms with Crippen molar-refractivity contribution in [3.05, 3.63) is 24.8 Å². The van der Waals surface area contributed by atoms with Crippen LogP contribution in [0.4, 0.5) is 0 Å². The van der Waals surface area contributed by atoms with Gasteiger partial charge in [0.2, 0.25) is 0 Å². The lowest BCUT2D eigenvalue weighted by Gasteiger charge is -2.31. The normalized spacial score (nSPS) is 22.4. The Labute approximate surface area is 136 Å². The van der Waals surface area contributed by atoms with Crippen LogP contribution in [-0.4, -0.2) is 32.1 Å². The molecule has 0 aliphatic heterocycles. The number of nitrogens with one attached hydrogen (secondary N) is 2. The molecule has 122 valence electrons. The molecule has 1 fully saturated rings. The van der Waals surface area contributed by atoms with Crippen LogP contribution in [0.5, 0.6) is 0 Å². The van der Waals surface area contributed by atoms with Crippen molar-refractivity contribution >= 4 is 22.1 Å². The van der Waals surface area contributed by atoms with Crippen LogP contribution < -0.4 is 5.32 Å². The summed E-state index contributed by atoms with van der Waals surface area (Å²) in [5.74, 6) is 0.722. The Hall–Kier alpha value is -1.88. The number of fused-ring (bicyclic) bond motifs is 3. The summed E-state index contributed by atoms with van der Waals surface area (Å²) >= 11 is 0. The van der Waals surface area contributed by atoms with E-state index >= 15 is 0 Å². The third-order valence-electron chi connectivity index (χ3n) is 5.02. The Balaban J connectivity index is 1.55. The molecule has 4 rings (SSSR count). The Kier molecular flexibility index (Phi) is 3.81. The Morgan fingerprint density at radius 2 is 2.09 bits per heavy atom. The van der Waals surface area contributed by atoms with Crippen LogP contribution >= 0.6 is 0 Å². The lowest BCUT2D eigenvalue weighted by Crippen LogP contribution is -2.35. The molecular weight excluding hydrogens is 286 g/mol. The van der Waals surface area contributed by atoms with Crippen LogP contribution in [0, 0.1) is 5.92 Å². The smallest absolute Gasteiger partial charge is 0.139 e. The summed E-state index contributed by atoms with van der Waals surface area (Å²) in [4.78, 5) is 12.2. The van der Waals surface area contributed by atoms with E-state index in [1.807, 2.05) is 18.7 Å². The predicted octanol–water partition coefficient (Wildman–Crippen LogP) is 3.64. The fourth-order valence-corrected chi connectivity index (χ4v) is 3.77. The Morgan fingerprint density at radius 1 is 1.26 bits per heavy atom. The van der Waals surface area contributed by atoms with Crippen LogP contribution in [0.2, 0.25) is 0 Å². The first-order valence-electron chi connectivity index (χ1n) is 8.74. The highest BCUT2D eigenvalue weighted by Gasteiger charge is 2.24. The van der Waals surface area contributed by atoms with Crippen molar-refractivity contribution in [2.24, 2.45) is 5.92 Å². The monoisotopic (exact) mass is 311 g/mol. The predicted molar refractivity (Wildman–Crippen MR) is 93.5 cm³/mol. The van der Waals surface area contributed by atoms with E-state index in [1.165, 1.54) is 36.6 Å². The molecule has 0 saturated heterocycles. The Morgan fingerprint density at radius 3 is 2.87 bits per heavy atom.